The maximum absolute atomic E-state index is 9.97. The van der Waals surface area contributed by atoms with Gasteiger partial charge in [0.25, 0.3) is 0 Å². The molecule has 2 N–H and O–H groups in total. The Kier molecular flexibility index (Phi) is 9.37. The predicted molar refractivity (Wildman–Crippen MR) is 168 cm³/mol. The number of fused-ring (bicyclic) bond motifs is 1. The monoisotopic (exact) mass is 589 g/mol. The van der Waals surface area contributed by atoms with Crippen LogP contribution >= 0.6 is 34.5 Å². The van der Waals surface area contributed by atoms with E-state index in [1.165, 1.54) is 0 Å². The molecule has 6 nitrogen and oxygen atoms in total. The number of aromatic nitrogens is 2. The average Bonchev–Trinajstić information content (AvgIpc) is 3.31. The molecule has 3 unspecified atom stereocenters. The van der Waals surface area contributed by atoms with Gasteiger partial charge in [0.2, 0.25) is 5.95 Å². The number of halogens is 2. The fourth-order valence-electron chi connectivity index (χ4n) is 5.37. The number of thiophene rings is 1. The number of aliphatic hydroxyl groups excluding tert-OH is 1. The van der Waals surface area contributed by atoms with E-state index in [-0.39, 0.29) is 17.2 Å². The molecule has 9 heteroatoms. The van der Waals surface area contributed by atoms with E-state index in [2.05, 4.69) is 74.8 Å². The molecule has 39 heavy (non-hydrogen) atoms. The van der Waals surface area contributed by atoms with Gasteiger partial charge in [-0.1, -0.05) is 63.0 Å². The number of nitrogens with zero attached hydrogens (tertiary/aromatic N) is 4. The van der Waals surface area contributed by atoms with Gasteiger partial charge in [0.05, 0.1) is 22.0 Å². The molecule has 1 aliphatic heterocycles. The number of rotatable bonds is 12. The maximum Gasteiger partial charge on any atom is 0.227 e. The van der Waals surface area contributed by atoms with Crippen molar-refractivity contribution < 1.29 is 5.11 Å². The first kappa shape index (κ1) is 29.9. The number of benzene rings is 1. The number of anilines is 2. The highest BCUT2D eigenvalue weighted by Gasteiger charge is 2.36. The topological polar surface area (TPSA) is 64.5 Å². The van der Waals surface area contributed by atoms with Crippen molar-refractivity contribution in [1.29, 1.82) is 0 Å². The van der Waals surface area contributed by atoms with Crippen LogP contribution in [0, 0.1) is 17.3 Å². The fraction of sp³-hybridized carbons (Fsp3) is 0.533. The first-order valence-corrected chi connectivity index (χ1v) is 15.3. The zero-order valence-corrected chi connectivity index (χ0v) is 26.2. The third-order valence-corrected chi connectivity index (χ3v) is 9.79. The fourth-order valence-corrected chi connectivity index (χ4v) is 6.73. The van der Waals surface area contributed by atoms with Crippen LogP contribution in [0.25, 0.3) is 10.2 Å². The Balaban J connectivity index is 1.42. The van der Waals surface area contributed by atoms with E-state index in [4.69, 9.17) is 33.2 Å². The van der Waals surface area contributed by atoms with Gasteiger partial charge in [0, 0.05) is 41.1 Å². The second kappa shape index (κ2) is 12.2. The summed E-state index contributed by atoms with van der Waals surface area (Å²) >= 11 is 14.2. The maximum atomic E-state index is 9.97. The second-order valence-electron chi connectivity index (χ2n) is 11.7. The highest BCUT2D eigenvalue weighted by atomic mass is 35.5. The quantitative estimate of drug-likeness (QED) is 0.207. The number of allylic oxidation sites excluding steroid dienone is 1. The van der Waals surface area contributed by atoms with Crippen molar-refractivity contribution in [1.82, 2.24) is 14.9 Å². The molecular weight excluding hydrogens is 549 g/mol. The molecule has 212 valence electrons. The smallest absolute Gasteiger partial charge is 0.227 e. The molecule has 3 atom stereocenters. The Morgan fingerprint density at radius 2 is 1.97 bits per heavy atom. The van der Waals surface area contributed by atoms with E-state index < -0.39 is 0 Å². The van der Waals surface area contributed by atoms with E-state index in [9.17, 15) is 5.11 Å². The standard InChI is InChI=1S/C30H41Cl2N5OS/c1-8-21(15-36(7)18(2)14-30(5,6)20(4)38)22-16-37(17-22)29-34-26-11-12-39-27(26)28(35-29)33-19(3)24-10-9-23(31)13-25(24)32/h9-13,18-19,21-22,38H,4,8,14-17H2,1-3,5-7H3,(H,33,34,35). The normalized spacial score (nSPS) is 16.8. The van der Waals surface area contributed by atoms with Gasteiger partial charge in [-0.05, 0) is 68.3 Å². The largest absolute Gasteiger partial charge is 0.512 e. The molecule has 0 aliphatic carbocycles. The highest BCUT2D eigenvalue weighted by molar-refractivity contribution is 7.17. The van der Waals surface area contributed by atoms with Crippen LogP contribution in [-0.4, -0.2) is 52.7 Å². The minimum absolute atomic E-state index is 0.0399. The zero-order valence-electron chi connectivity index (χ0n) is 23.8. The molecule has 3 aromatic rings. The number of aliphatic hydroxyl groups is 1. The Morgan fingerprint density at radius 1 is 1.26 bits per heavy atom. The van der Waals surface area contributed by atoms with Crippen molar-refractivity contribution in [2.75, 3.05) is 36.9 Å². The van der Waals surface area contributed by atoms with Crippen LogP contribution in [0.5, 0.6) is 0 Å². The van der Waals surface area contributed by atoms with Gasteiger partial charge in [-0.3, -0.25) is 0 Å². The van der Waals surface area contributed by atoms with Crippen LogP contribution in [0.15, 0.2) is 42.0 Å². The van der Waals surface area contributed by atoms with E-state index in [0.29, 0.717) is 27.9 Å². The lowest BCUT2D eigenvalue weighted by molar-refractivity contribution is 0.124. The molecule has 1 aromatic carbocycles. The molecule has 1 saturated heterocycles. The van der Waals surface area contributed by atoms with Crippen LogP contribution < -0.4 is 10.2 Å². The van der Waals surface area contributed by atoms with Crippen molar-refractivity contribution in [2.24, 2.45) is 17.3 Å². The summed E-state index contributed by atoms with van der Waals surface area (Å²) in [7, 11) is 2.19. The van der Waals surface area contributed by atoms with Crippen LogP contribution in [0.3, 0.4) is 0 Å². The van der Waals surface area contributed by atoms with Gasteiger partial charge in [0.1, 0.15) is 5.82 Å². The average molecular weight is 591 g/mol. The lowest BCUT2D eigenvalue weighted by Gasteiger charge is -2.45. The summed E-state index contributed by atoms with van der Waals surface area (Å²) in [5.74, 6) is 3.04. The minimum Gasteiger partial charge on any atom is -0.512 e. The van der Waals surface area contributed by atoms with Crippen molar-refractivity contribution in [3.05, 3.63) is 57.6 Å². The molecule has 0 radical (unpaired) electrons. The number of nitrogens with one attached hydrogen (secondary N) is 1. The lowest BCUT2D eigenvalue weighted by atomic mass is 9.82. The molecule has 0 saturated carbocycles. The van der Waals surface area contributed by atoms with E-state index in [1.54, 1.807) is 17.4 Å². The predicted octanol–water partition coefficient (Wildman–Crippen LogP) is 8.44. The van der Waals surface area contributed by atoms with Crippen LogP contribution in [0.2, 0.25) is 10.0 Å². The molecule has 0 spiro atoms. The third-order valence-electron chi connectivity index (χ3n) is 8.32. The minimum atomic E-state index is -0.289. The molecule has 2 aromatic heterocycles. The Hall–Kier alpha value is -2.06. The number of hydrogen-bond donors (Lipinski definition) is 2. The van der Waals surface area contributed by atoms with Crippen molar-refractivity contribution in [3.63, 3.8) is 0 Å². The first-order chi connectivity index (χ1) is 18.4. The van der Waals surface area contributed by atoms with Crippen molar-refractivity contribution in [3.8, 4) is 0 Å². The molecule has 0 amide bonds. The summed E-state index contributed by atoms with van der Waals surface area (Å²) in [6.07, 6.45) is 2.00. The van der Waals surface area contributed by atoms with E-state index in [1.807, 2.05) is 12.1 Å². The van der Waals surface area contributed by atoms with Gasteiger partial charge in [-0.15, -0.1) is 11.3 Å². The van der Waals surface area contributed by atoms with E-state index >= 15 is 0 Å². The molecular formula is C30H41Cl2N5OS. The van der Waals surface area contributed by atoms with Gasteiger partial charge in [-0.2, -0.15) is 4.98 Å². The Bertz CT molecular complexity index is 1310. The van der Waals surface area contributed by atoms with Gasteiger partial charge in [0.15, 0.2) is 0 Å². The third kappa shape index (κ3) is 6.82. The SMILES string of the molecule is C=C(O)C(C)(C)CC(C)N(C)CC(CC)C1CN(c2nc(NC(C)c3ccc(Cl)cc3Cl)c3sccc3n2)C1. The molecule has 0 bridgehead atoms. The first-order valence-electron chi connectivity index (χ1n) is 13.7. The summed E-state index contributed by atoms with van der Waals surface area (Å²) < 4.78 is 1.04. The van der Waals surface area contributed by atoms with Crippen molar-refractivity contribution in [2.45, 2.75) is 59.5 Å². The van der Waals surface area contributed by atoms with Gasteiger partial charge in [-0.25, -0.2) is 4.98 Å². The molecule has 1 aliphatic rings. The highest BCUT2D eigenvalue weighted by Crippen LogP contribution is 2.36. The van der Waals surface area contributed by atoms with Gasteiger partial charge >= 0.3 is 0 Å². The van der Waals surface area contributed by atoms with Gasteiger partial charge < -0.3 is 20.2 Å². The van der Waals surface area contributed by atoms with E-state index in [0.717, 1.165) is 60.0 Å². The molecule has 3 heterocycles. The summed E-state index contributed by atoms with van der Waals surface area (Å²) in [6, 6.07) is 7.96. The van der Waals surface area contributed by atoms with Crippen molar-refractivity contribution >= 4 is 56.5 Å². The Labute approximate surface area is 247 Å². The summed E-state index contributed by atoms with van der Waals surface area (Å²) in [6.45, 7) is 17.4. The lowest BCUT2D eigenvalue weighted by Crippen LogP contribution is -2.53. The zero-order chi connectivity index (χ0) is 28.5. The Morgan fingerprint density at radius 3 is 2.62 bits per heavy atom. The second-order valence-corrected chi connectivity index (χ2v) is 13.5. The van der Waals surface area contributed by atoms with Crippen LogP contribution in [0.1, 0.15) is 59.1 Å². The molecule has 4 rings (SSSR count). The summed E-state index contributed by atoms with van der Waals surface area (Å²) in [5, 5.41) is 16.9. The number of hydrogen-bond acceptors (Lipinski definition) is 7. The summed E-state index contributed by atoms with van der Waals surface area (Å²) in [4.78, 5) is 14.6. The molecule has 1 fully saturated rings. The summed E-state index contributed by atoms with van der Waals surface area (Å²) in [5.41, 5.74) is 1.65. The van der Waals surface area contributed by atoms with Crippen LogP contribution in [-0.2, 0) is 0 Å². The van der Waals surface area contributed by atoms with Crippen LogP contribution in [0.4, 0.5) is 11.8 Å².